The highest BCUT2D eigenvalue weighted by atomic mass is 16.5. The summed E-state index contributed by atoms with van der Waals surface area (Å²) in [7, 11) is 0. The number of rotatable bonds is 5. The summed E-state index contributed by atoms with van der Waals surface area (Å²) in [5.41, 5.74) is 5.01. The Morgan fingerprint density at radius 3 is 2.19 bits per heavy atom. The summed E-state index contributed by atoms with van der Waals surface area (Å²) >= 11 is 0. The Hall–Kier alpha value is -2.82. The number of ether oxygens (including phenoxy) is 1. The Morgan fingerprint density at radius 1 is 0.962 bits per heavy atom. The molecule has 0 heterocycles. The first-order chi connectivity index (χ1) is 12.3. The van der Waals surface area contributed by atoms with Crippen molar-refractivity contribution >= 4 is 17.5 Å². The minimum absolute atomic E-state index is 0.257. The molecule has 0 bridgehead atoms. The molecule has 0 fully saturated rings. The molecule has 0 spiro atoms. The van der Waals surface area contributed by atoms with Crippen LogP contribution in [0.25, 0.3) is 0 Å². The van der Waals surface area contributed by atoms with E-state index in [-0.39, 0.29) is 6.04 Å². The first kappa shape index (κ1) is 19.5. The van der Waals surface area contributed by atoms with Crippen LogP contribution in [0.1, 0.15) is 42.1 Å². The van der Waals surface area contributed by atoms with Crippen molar-refractivity contribution in [2.45, 2.75) is 40.7 Å². The smallest absolute Gasteiger partial charge is 0.313 e. The minimum Gasteiger partial charge on any atom is -0.494 e. The highest BCUT2D eigenvalue weighted by molar-refractivity contribution is 6.39. The fraction of sp³-hybridized carbons (Fsp3) is 0.333. The molecule has 0 radical (unpaired) electrons. The van der Waals surface area contributed by atoms with Crippen molar-refractivity contribution in [1.29, 1.82) is 0 Å². The van der Waals surface area contributed by atoms with Gasteiger partial charge in [0.25, 0.3) is 0 Å². The lowest BCUT2D eigenvalue weighted by Crippen LogP contribution is -2.37. The van der Waals surface area contributed by atoms with Crippen LogP contribution < -0.4 is 15.4 Å². The lowest BCUT2D eigenvalue weighted by atomic mass is 9.96. The van der Waals surface area contributed by atoms with Crippen molar-refractivity contribution < 1.29 is 14.3 Å². The van der Waals surface area contributed by atoms with Crippen molar-refractivity contribution in [3.63, 3.8) is 0 Å². The van der Waals surface area contributed by atoms with Crippen molar-refractivity contribution in [1.82, 2.24) is 5.32 Å². The number of amides is 2. The molecule has 0 aliphatic heterocycles. The molecular weight excluding hydrogens is 328 g/mol. The Morgan fingerprint density at radius 2 is 1.58 bits per heavy atom. The maximum atomic E-state index is 12.2. The molecule has 2 rings (SSSR count). The first-order valence-electron chi connectivity index (χ1n) is 8.74. The monoisotopic (exact) mass is 354 g/mol. The van der Waals surface area contributed by atoms with Crippen LogP contribution in [0.5, 0.6) is 5.75 Å². The lowest BCUT2D eigenvalue weighted by molar-refractivity contribution is -0.136. The summed E-state index contributed by atoms with van der Waals surface area (Å²) in [4.78, 5) is 24.4. The summed E-state index contributed by atoms with van der Waals surface area (Å²) in [6.07, 6.45) is 0. The molecular formula is C21H26N2O3. The molecule has 2 N–H and O–H groups in total. The van der Waals surface area contributed by atoms with Crippen molar-refractivity contribution in [3.05, 3.63) is 58.7 Å². The highest BCUT2D eigenvalue weighted by Gasteiger charge is 2.18. The van der Waals surface area contributed by atoms with Gasteiger partial charge in [-0.25, -0.2) is 0 Å². The van der Waals surface area contributed by atoms with Gasteiger partial charge < -0.3 is 15.4 Å². The van der Waals surface area contributed by atoms with Gasteiger partial charge in [-0.15, -0.1) is 0 Å². The normalized spacial score (nSPS) is 11.6. The quantitative estimate of drug-likeness (QED) is 0.802. The number of carbonyl (C=O) groups excluding carboxylic acids is 2. The van der Waals surface area contributed by atoms with Crippen LogP contribution in [-0.2, 0) is 9.59 Å². The van der Waals surface area contributed by atoms with Crippen molar-refractivity contribution in [3.8, 4) is 5.75 Å². The van der Waals surface area contributed by atoms with Gasteiger partial charge in [-0.05, 0) is 81.1 Å². The zero-order valence-electron chi connectivity index (χ0n) is 16.0. The van der Waals surface area contributed by atoms with Gasteiger partial charge in [0, 0.05) is 5.69 Å². The van der Waals surface area contributed by atoms with E-state index in [0.29, 0.717) is 18.0 Å². The molecule has 1 atom stereocenters. The van der Waals surface area contributed by atoms with E-state index < -0.39 is 11.8 Å². The molecule has 5 nitrogen and oxygen atoms in total. The van der Waals surface area contributed by atoms with Crippen LogP contribution in [0.15, 0.2) is 36.4 Å². The van der Waals surface area contributed by atoms with Crippen LogP contribution in [0.4, 0.5) is 5.69 Å². The van der Waals surface area contributed by atoms with Gasteiger partial charge in [0.05, 0.1) is 12.6 Å². The molecule has 2 amide bonds. The second-order valence-electron chi connectivity index (χ2n) is 6.40. The number of carbonyl (C=O) groups is 2. The molecule has 0 aliphatic rings. The SMILES string of the molecule is CCOc1ccc(NC(=O)C(=O)NC(C)c2cc(C)c(C)cc2C)cc1. The van der Waals surface area contributed by atoms with E-state index in [4.69, 9.17) is 4.74 Å². The zero-order valence-corrected chi connectivity index (χ0v) is 16.0. The largest absolute Gasteiger partial charge is 0.494 e. The maximum Gasteiger partial charge on any atom is 0.313 e. The molecule has 26 heavy (non-hydrogen) atoms. The molecule has 1 unspecified atom stereocenters. The van der Waals surface area contributed by atoms with Crippen LogP contribution in [0.3, 0.4) is 0 Å². The molecule has 0 aliphatic carbocycles. The lowest BCUT2D eigenvalue weighted by Gasteiger charge is -2.18. The molecule has 0 saturated carbocycles. The zero-order chi connectivity index (χ0) is 19.3. The Kier molecular flexibility index (Phi) is 6.39. The third-order valence-corrected chi connectivity index (χ3v) is 4.33. The Labute approximate surface area is 154 Å². The van der Waals surface area contributed by atoms with Gasteiger partial charge in [0.15, 0.2) is 0 Å². The molecule has 2 aromatic rings. The van der Waals surface area contributed by atoms with Crippen molar-refractivity contribution in [2.24, 2.45) is 0 Å². The number of anilines is 1. The average molecular weight is 354 g/mol. The van der Waals surface area contributed by atoms with E-state index in [1.54, 1.807) is 24.3 Å². The van der Waals surface area contributed by atoms with Gasteiger partial charge in [-0.2, -0.15) is 0 Å². The van der Waals surface area contributed by atoms with Gasteiger partial charge >= 0.3 is 11.8 Å². The molecule has 2 aromatic carbocycles. The Balaban J connectivity index is 2.00. The van der Waals surface area contributed by atoms with E-state index >= 15 is 0 Å². The fourth-order valence-electron chi connectivity index (χ4n) is 2.78. The average Bonchev–Trinajstić information content (AvgIpc) is 2.59. The predicted octanol–water partition coefficient (Wildman–Crippen LogP) is 3.83. The van der Waals surface area contributed by atoms with E-state index in [2.05, 4.69) is 29.7 Å². The number of hydrogen-bond donors (Lipinski definition) is 2. The fourth-order valence-corrected chi connectivity index (χ4v) is 2.78. The summed E-state index contributed by atoms with van der Waals surface area (Å²) in [6, 6.07) is 10.8. The van der Waals surface area contributed by atoms with Crippen LogP contribution >= 0.6 is 0 Å². The summed E-state index contributed by atoms with van der Waals surface area (Å²) in [5, 5.41) is 5.36. The third-order valence-electron chi connectivity index (χ3n) is 4.33. The molecule has 0 aromatic heterocycles. The number of nitrogens with one attached hydrogen (secondary N) is 2. The minimum atomic E-state index is -0.692. The van der Waals surface area contributed by atoms with Crippen LogP contribution in [0, 0.1) is 20.8 Å². The van der Waals surface area contributed by atoms with E-state index in [0.717, 1.165) is 16.7 Å². The predicted molar refractivity (Wildman–Crippen MR) is 103 cm³/mol. The maximum absolute atomic E-state index is 12.2. The second kappa shape index (κ2) is 8.52. The van der Waals surface area contributed by atoms with E-state index in [1.165, 1.54) is 5.56 Å². The van der Waals surface area contributed by atoms with Crippen LogP contribution in [0.2, 0.25) is 0 Å². The number of benzene rings is 2. The summed E-state index contributed by atoms with van der Waals surface area (Å²) < 4.78 is 5.35. The molecule has 5 heteroatoms. The van der Waals surface area contributed by atoms with Gasteiger partial charge in [-0.1, -0.05) is 12.1 Å². The van der Waals surface area contributed by atoms with Crippen LogP contribution in [-0.4, -0.2) is 18.4 Å². The summed E-state index contributed by atoms with van der Waals surface area (Å²) in [6.45, 7) is 10.4. The van der Waals surface area contributed by atoms with E-state index in [9.17, 15) is 9.59 Å². The van der Waals surface area contributed by atoms with Gasteiger partial charge in [0.2, 0.25) is 0 Å². The topological polar surface area (TPSA) is 67.4 Å². The summed E-state index contributed by atoms with van der Waals surface area (Å²) in [5.74, 6) is -0.639. The molecule has 0 saturated heterocycles. The third kappa shape index (κ3) is 4.85. The second-order valence-corrected chi connectivity index (χ2v) is 6.40. The Bertz CT molecular complexity index is 798. The number of hydrogen-bond acceptors (Lipinski definition) is 3. The van der Waals surface area contributed by atoms with Crippen molar-refractivity contribution in [2.75, 3.05) is 11.9 Å². The van der Waals surface area contributed by atoms with Gasteiger partial charge in [0.1, 0.15) is 5.75 Å². The molecule has 138 valence electrons. The number of aryl methyl sites for hydroxylation is 3. The first-order valence-corrected chi connectivity index (χ1v) is 8.74. The van der Waals surface area contributed by atoms with E-state index in [1.807, 2.05) is 27.7 Å². The van der Waals surface area contributed by atoms with Gasteiger partial charge in [-0.3, -0.25) is 9.59 Å². The standard InChI is InChI=1S/C21H26N2O3/c1-6-26-18-9-7-17(8-10-18)23-21(25)20(24)22-16(5)19-12-14(3)13(2)11-15(19)4/h7-12,16H,6H2,1-5H3,(H,22,24)(H,23,25). The highest BCUT2D eigenvalue weighted by Crippen LogP contribution is 2.21.